The molecule has 0 heterocycles. The Bertz CT molecular complexity index is 686. The van der Waals surface area contributed by atoms with Gasteiger partial charge in [-0.1, -0.05) is 0 Å². The lowest BCUT2D eigenvalue weighted by molar-refractivity contribution is -0.921. The second-order valence-corrected chi connectivity index (χ2v) is 9.22. The van der Waals surface area contributed by atoms with Crippen LogP contribution in [0.25, 0.3) is 0 Å². The summed E-state index contributed by atoms with van der Waals surface area (Å²) in [5, 5.41) is 0. The van der Waals surface area contributed by atoms with E-state index < -0.39 is 77.6 Å². The predicted octanol–water partition coefficient (Wildman–Crippen LogP) is 5.02. The third-order valence-corrected chi connectivity index (χ3v) is 6.70. The maximum atomic E-state index is 13.3. The highest BCUT2D eigenvalue weighted by Crippen LogP contribution is 2.30. The Labute approximate surface area is 202 Å². The van der Waals surface area contributed by atoms with Crippen LogP contribution in [0, 0.1) is 0 Å². The topological polar surface area (TPSA) is 57.2 Å². The van der Waals surface area contributed by atoms with Gasteiger partial charge in [0.2, 0.25) is 5.50 Å². The first-order valence-corrected chi connectivity index (χ1v) is 12.3. The summed E-state index contributed by atoms with van der Waals surface area (Å²) in [5.41, 5.74) is -4.26. The van der Waals surface area contributed by atoms with E-state index in [1.807, 2.05) is 0 Å². The Morgan fingerprint density at radius 2 is 0.722 bits per heavy atom. The SMILES string of the molecule is CC[N+](CC)(CC)CC.O=S(=O)([O-])C(F)C(F)C(F)C(F)C(F)C(F)C(F)C(F)C(F)C(F)C(F)F. The molecule has 0 aliphatic heterocycles. The van der Waals surface area contributed by atoms with Gasteiger partial charge in [-0.3, -0.25) is 0 Å². The number of quaternary nitrogens is 1. The van der Waals surface area contributed by atoms with E-state index in [2.05, 4.69) is 27.7 Å². The number of halogens is 12. The Morgan fingerprint density at radius 1 is 0.500 bits per heavy atom. The molecule has 0 aliphatic rings. The van der Waals surface area contributed by atoms with Gasteiger partial charge in [0.1, 0.15) is 10.1 Å². The summed E-state index contributed by atoms with van der Waals surface area (Å²) in [5.74, 6) is 0. The van der Waals surface area contributed by atoms with Crippen molar-refractivity contribution in [3.63, 3.8) is 0 Å². The van der Waals surface area contributed by atoms with Crippen LogP contribution in [-0.4, -0.2) is 111 Å². The van der Waals surface area contributed by atoms with E-state index in [-0.39, 0.29) is 0 Å². The van der Waals surface area contributed by atoms with Crippen LogP contribution in [0.15, 0.2) is 0 Å². The molecule has 10 atom stereocenters. The Hall–Kier alpha value is -0.970. The average Bonchev–Trinajstić information content (AvgIpc) is 2.85. The van der Waals surface area contributed by atoms with Crippen LogP contribution in [-0.2, 0) is 10.1 Å². The second-order valence-electron chi connectivity index (χ2n) is 7.78. The summed E-state index contributed by atoms with van der Waals surface area (Å²) < 4.78 is 186. The van der Waals surface area contributed by atoms with Crippen molar-refractivity contribution < 1.29 is 70.1 Å². The lowest BCUT2D eigenvalue weighted by atomic mass is 9.97. The van der Waals surface area contributed by atoms with Crippen molar-refractivity contribution in [3.8, 4) is 0 Å². The molecule has 0 aromatic carbocycles. The van der Waals surface area contributed by atoms with Crippen molar-refractivity contribution >= 4 is 10.1 Å². The molecule has 0 N–H and O–H groups in total. The molecule has 0 saturated carbocycles. The molecule has 0 rings (SSSR count). The third kappa shape index (κ3) is 10.4. The fourth-order valence-corrected chi connectivity index (χ4v) is 3.48. The number of alkyl halides is 12. The minimum absolute atomic E-state index is 1.28. The Morgan fingerprint density at radius 3 is 0.889 bits per heavy atom. The molecule has 17 heteroatoms. The van der Waals surface area contributed by atoms with Crippen LogP contribution in [0.3, 0.4) is 0 Å². The number of hydrogen-bond donors (Lipinski definition) is 0. The van der Waals surface area contributed by atoms with Gasteiger partial charge in [0.15, 0.2) is 55.5 Å². The molecule has 0 fully saturated rings. The third-order valence-electron chi connectivity index (χ3n) is 5.88. The standard InChI is InChI=1S/C11H12F12O3S.C8H20N/c12-1(2(13)4(15)6(17)8(19)10(21)22)3(14)5(16)7(18)9(20)11(23)27(24,25)26;1-5-9(6-2,7-3)8-4/h1-11H,(H,24,25,26);5-8H2,1-4H3/q;+1/p-1. The monoisotopic (exact) mass is 581 g/mol. The van der Waals surface area contributed by atoms with E-state index in [1.54, 1.807) is 0 Å². The zero-order chi connectivity index (χ0) is 29.2. The summed E-state index contributed by atoms with van der Waals surface area (Å²) in [6.07, 6.45) is -41.6. The van der Waals surface area contributed by atoms with Gasteiger partial charge < -0.3 is 9.04 Å². The fourth-order valence-electron chi connectivity index (χ4n) is 3.01. The largest absolute Gasteiger partial charge is 0.746 e. The van der Waals surface area contributed by atoms with E-state index in [1.165, 1.54) is 30.7 Å². The minimum atomic E-state index is -6.20. The van der Waals surface area contributed by atoms with Crippen molar-refractivity contribution in [2.45, 2.75) is 95.2 Å². The minimum Gasteiger partial charge on any atom is -0.746 e. The smallest absolute Gasteiger partial charge is 0.272 e. The Balaban J connectivity index is 0. The van der Waals surface area contributed by atoms with Gasteiger partial charge in [0.05, 0.1) is 26.2 Å². The zero-order valence-electron chi connectivity index (χ0n) is 19.8. The summed E-state index contributed by atoms with van der Waals surface area (Å²) >= 11 is 0. The van der Waals surface area contributed by atoms with Crippen LogP contribution >= 0.6 is 0 Å². The number of rotatable bonds is 15. The molecule has 36 heavy (non-hydrogen) atoms. The highest BCUT2D eigenvalue weighted by Gasteiger charge is 2.51. The first-order valence-electron chi connectivity index (χ1n) is 10.8. The average molecular weight is 582 g/mol. The van der Waals surface area contributed by atoms with Crippen LogP contribution in [0.4, 0.5) is 52.7 Å². The molecule has 0 bridgehead atoms. The first kappa shape index (κ1) is 37.2. The quantitative estimate of drug-likeness (QED) is 0.155. The molecule has 0 spiro atoms. The normalized spacial score (nSPS) is 21.3. The molecule has 0 aliphatic carbocycles. The van der Waals surface area contributed by atoms with Crippen LogP contribution in [0.5, 0.6) is 0 Å². The summed E-state index contributed by atoms with van der Waals surface area (Å²) in [6.45, 7) is 14.2. The predicted molar refractivity (Wildman–Crippen MR) is 107 cm³/mol. The molecule has 220 valence electrons. The van der Waals surface area contributed by atoms with E-state index >= 15 is 0 Å². The van der Waals surface area contributed by atoms with Gasteiger partial charge in [-0.25, -0.2) is 61.1 Å². The molecular weight excluding hydrogens is 550 g/mol. The van der Waals surface area contributed by atoms with Crippen molar-refractivity contribution in [1.29, 1.82) is 0 Å². The number of hydrogen-bond acceptors (Lipinski definition) is 3. The maximum absolute atomic E-state index is 13.3. The molecule has 10 unspecified atom stereocenters. The van der Waals surface area contributed by atoms with Crippen molar-refractivity contribution in [3.05, 3.63) is 0 Å². The Kier molecular flexibility index (Phi) is 16.6. The summed E-state index contributed by atoms with van der Waals surface area (Å²) in [6, 6.07) is 0. The van der Waals surface area contributed by atoms with E-state index in [9.17, 15) is 65.7 Å². The van der Waals surface area contributed by atoms with Gasteiger partial charge in [0, 0.05) is 0 Å². The van der Waals surface area contributed by atoms with Crippen molar-refractivity contribution in [2.75, 3.05) is 26.2 Å². The molecule has 0 radical (unpaired) electrons. The van der Waals surface area contributed by atoms with Gasteiger partial charge in [-0.05, 0) is 27.7 Å². The fraction of sp³-hybridized carbons (Fsp3) is 1.00. The van der Waals surface area contributed by atoms with Gasteiger partial charge in [-0.2, -0.15) is 0 Å². The highest BCUT2D eigenvalue weighted by atomic mass is 32.2. The highest BCUT2D eigenvalue weighted by molar-refractivity contribution is 7.86. The number of nitrogens with zero attached hydrogens (tertiary/aromatic N) is 1. The molecular formula is C19H31F12NO3S. The molecule has 0 saturated heterocycles. The summed E-state index contributed by atoms with van der Waals surface area (Å²) in [7, 11) is -6.20. The lowest BCUT2D eigenvalue weighted by Gasteiger charge is -2.34. The first-order chi connectivity index (χ1) is 16.3. The van der Waals surface area contributed by atoms with E-state index in [0.29, 0.717) is 0 Å². The van der Waals surface area contributed by atoms with Crippen molar-refractivity contribution in [2.24, 2.45) is 0 Å². The van der Waals surface area contributed by atoms with Crippen LogP contribution < -0.4 is 0 Å². The van der Waals surface area contributed by atoms with Crippen LogP contribution in [0.1, 0.15) is 27.7 Å². The zero-order valence-corrected chi connectivity index (χ0v) is 20.6. The molecule has 4 nitrogen and oxygen atoms in total. The molecule has 0 amide bonds. The van der Waals surface area contributed by atoms with E-state index in [4.69, 9.17) is 0 Å². The molecule has 0 aromatic rings. The van der Waals surface area contributed by atoms with E-state index in [0.717, 1.165) is 0 Å². The molecule has 0 aromatic heterocycles. The van der Waals surface area contributed by atoms with Gasteiger partial charge in [0.25, 0.3) is 6.43 Å². The van der Waals surface area contributed by atoms with Gasteiger partial charge >= 0.3 is 0 Å². The van der Waals surface area contributed by atoms with Crippen molar-refractivity contribution in [1.82, 2.24) is 0 Å². The van der Waals surface area contributed by atoms with Gasteiger partial charge in [-0.15, -0.1) is 0 Å². The maximum Gasteiger partial charge on any atom is 0.272 e. The second kappa shape index (κ2) is 16.1. The lowest BCUT2D eigenvalue weighted by Crippen LogP contribution is -2.50. The van der Waals surface area contributed by atoms with Crippen LogP contribution in [0.2, 0.25) is 0 Å². The summed E-state index contributed by atoms with van der Waals surface area (Å²) in [4.78, 5) is 0.